The van der Waals surface area contributed by atoms with Crippen molar-refractivity contribution in [3.63, 3.8) is 0 Å². The van der Waals surface area contributed by atoms with Crippen molar-refractivity contribution >= 4 is 45.7 Å². The van der Waals surface area contributed by atoms with Gasteiger partial charge < -0.3 is 19.3 Å². The third kappa shape index (κ3) is 6.58. The zero-order valence-electron chi connectivity index (χ0n) is 24.9. The number of thioether (sulfide) groups is 1. The molecule has 1 aromatic heterocycles. The summed E-state index contributed by atoms with van der Waals surface area (Å²) in [5.41, 5.74) is 3.17. The Morgan fingerprint density at radius 1 is 0.886 bits per heavy atom. The van der Waals surface area contributed by atoms with Gasteiger partial charge in [-0.25, -0.2) is 0 Å². The molecule has 1 fully saturated rings. The average Bonchev–Trinajstić information content (AvgIpc) is 3.60. The summed E-state index contributed by atoms with van der Waals surface area (Å²) < 4.78 is 17.8. The Kier molecular flexibility index (Phi) is 9.86. The van der Waals surface area contributed by atoms with Crippen LogP contribution < -0.4 is 19.1 Å². The normalized spacial score (nSPS) is 15.9. The highest BCUT2D eigenvalue weighted by Gasteiger charge is 2.48. The summed E-state index contributed by atoms with van der Waals surface area (Å²) in [7, 11) is 0. The van der Waals surface area contributed by atoms with E-state index in [1.54, 1.807) is 42.5 Å². The molecule has 44 heavy (non-hydrogen) atoms. The molecule has 0 bridgehead atoms. The number of carbonyl (C=O) groups is 2. The highest BCUT2D eigenvalue weighted by molar-refractivity contribution is 8.00. The van der Waals surface area contributed by atoms with E-state index in [1.165, 1.54) is 33.6 Å². The molecular weight excluding hydrogens is 599 g/mol. The van der Waals surface area contributed by atoms with E-state index in [0.29, 0.717) is 58.3 Å². The zero-order chi connectivity index (χ0) is 31.2. The van der Waals surface area contributed by atoms with E-state index in [0.717, 1.165) is 5.56 Å². The van der Waals surface area contributed by atoms with Crippen molar-refractivity contribution in [1.82, 2.24) is 10.2 Å². The standard InChI is InChI=1S/C33H33N3O6S2/c1-5-40-24-15-12-22(13-16-24)29(37)27-28(23-14-17-25(41-6-2)26(18-23)42-7-3)36(31(39)30(27)38)32-34-35-33(44-32)43-19-21-10-8-20(4)9-11-21/h8-18,28,37H,5-7,19H2,1-4H3. The molecule has 0 radical (unpaired) electrons. The van der Waals surface area contributed by atoms with Gasteiger partial charge in [-0.1, -0.05) is 59.0 Å². The third-order valence-corrected chi connectivity index (χ3v) is 8.98. The number of aliphatic hydroxyl groups excluding tert-OH is 1. The molecule has 0 spiro atoms. The monoisotopic (exact) mass is 631 g/mol. The van der Waals surface area contributed by atoms with Gasteiger partial charge in [0.2, 0.25) is 5.13 Å². The Morgan fingerprint density at radius 2 is 1.57 bits per heavy atom. The van der Waals surface area contributed by atoms with Crippen LogP contribution in [0.25, 0.3) is 5.76 Å². The summed E-state index contributed by atoms with van der Waals surface area (Å²) in [6.07, 6.45) is 0. The fourth-order valence-corrected chi connectivity index (χ4v) is 6.63. The van der Waals surface area contributed by atoms with Crippen molar-refractivity contribution in [3.8, 4) is 17.2 Å². The van der Waals surface area contributed by atoms with Gasteiger partial charge in [0.1, 0.15) is 11.5 Å². The van der Waals surface area contributed by atoms with Gasteiger partial charge >= 0.3 is 5.91 Å². The minimum atomic E-state index is -0.987. The molecule has 1 unspecified atom stereocenters. The van der Waals surface area contributed by atoms with Crippen molar-refractivity contribution in [2.45, 2.75) is 43.8 Å². The van der Waals surface area contributed by atoms with Crippen molar-refractivity contribution in [2.24, 2.45) is 0 Å². The van der Waals surface area contributed by atoms with E-state index in [1.807, 2.05) is 27.7 Å². The van der Waals surface area contributed by atoms with Crippen LogP contribution in [0.2, 0.25) is 0 Å². The Hall–Kier alpha value is -4.35. The molecule has 1 aliphatic rings. The molecule has 3 aromatic carbocycles. The number of aromatic nitrogens is 2. The van der Waals surface area contributed by atoms with Crippen LogP contribution in [-0.4, -0.2) is 46.8 Å². The third-order valence-electron chi connectivity index (χ3n) is 6.85. The number of anilines is 1. The molecule has 1 saturated heterocycles. The first-order valence-corrected chi connectivity index (χ1v) is 16.1. The van der Waals surface area contributed by atoms with E-state index in [4.69, 9.17) is 14.2 Å². The summed E-state index contributed by atoms with van der Waals surface area (Å²) in [6.45, 7) is 8.96. The lowest BCUT2D eigenvalue weighted by atomic mass is 9.95. The number of benzene rings is 3. The largest absolute Gasteiger partial charge is 0.507 e. The maximum atomic E-state index is 13.7. The number of nitrogens with zero attached hydrogens (tertiary/aromatic N) is 3. The molecular formula is C33H33N3O6S2. The average molecular weight is 632 g/mol. The second kappa shape index (κ2) is 14.0. The molecule has 9 nitrogen and oxygen atoms in total. The number of hydrogen-bond donors (Lipinski definition) is 1. The van der Waals surface area contributed by atoms with Crippen molar-refractivity contribution in [2.75, 3.05) is 24.7 Å². The zero-order valence-corrected chi connectivity index (χ0v) is 26.5. The lowest BCUT2D eigenvalue weighted by Gasteiger charge is -2.23. The Balaban J connectivity index is 1.57. The second-order valence-corrected chi connectivity index (χ2v) is 12.0. The molecule has 0 saturated carbocycles. The van der Waals surface area contributed by atoms with Gasteiger partial charge in [-0.3, -0.25) is 14.5 Å². The van der Waals surface area contributed by atoms with Crippen LogP contribution in [0.3, 0.4) is 0 Å². The first-order valence-electron chi connectivity index (χ1n) is 14.3. The van der Waals surface area contributed by atoms with Crippen molar-refractivity contribution in [1.29, 1.82) is 0 Å². The minimum Gasteiger partial charge on any atom is -0.507 e. The van der Waals surface area contributed by atoms with Gasteiger partial charge in [0.05, 0.1) is 31.4 Å². The molecule has 1 N–H and O–H groups in total. The topological polar surface area (TPSA) is 111 Å². The lowest BCUT2D eigenvalue weighted by molar-refractivity contribution is -0.132. The number of ether oxygens (including phenoxy) is 3. The van der Waals surface area contributed by atoms with Gasteiger partial charge in [0.25, 0.3) is 5.78 Å². The van der Waals surface area contributed by atoms with Crippen molar-refractivity contribution < 1.29 is 28.9 Å². The molecule has 2 heterocycles. The molecule has 4 aromatic rings. The summed E-state index contributed by atoms with van der Waals surface area (Å²) in [4.78, 5) is 28.6. The van der Waals surface area contributed by atoms with E-state index in [2.05, 4.69) is 34.5 Å². The molecule has 228 valence electrons. The molecule has 1 amide bonds. The Bertz CT molecular complexity index is 1670. The Morgan fingerprint density at radius 3 is 2.25 bits per heavy atom. The number of hydrogen-bond acceptors (Lipinski definition) is 10. The molecule has 5 rings (SSSR count). The van der Waals surface area contributed by atoms with Gasteiger partial charge in [0.15, 0.2) is 15.8 Å². The van der Waals surface area contributed by atoms with Crippen LogP contribution in [0.5, 0.6) is 17.2 Å². The number of aliphatic hydroxyl groups is 1. The quantitative estimate of drug-likeness (QED) is 0.0583. The number of rotatable bonds is 12. The van der Waals surface area contributed by atoms with E-state index >= 15 is 0 Å². The van der Waals surface area contributed by atoms with Gasteiger partial charge in [0, 0.05) is 11.3 Å². The van der Waals surface area contributed by atoms with Gasteiger partial charge in [-0.2, -0.15) is 0 Å². The van der Waals surface area contributed by atoms with E-state index < -0.39 is 17.7 Å². The predicted octanol–water partition coefficient (Wildman–Crippen LogP) is 6.96. The van der Waals surface area contributed by atoms with E-state index in [-0.39, 0.29) is 16.5 Å². The van der Waals surface area contributed by atoms with Crippen LogP contribution in [0.4, 0.5) is 5.13 Å². The maximum Gasteiger partial charge on any atom is 0.301 e. The summed E-state index contributed by atoms with van der Waals surface area (Å²) in [5, 5.41) is 20.4. The predicted molar refractivity (Wildman–Crippen MR) is 172 cm³/mol. The fourth-order valence-electron chi connectivity index (χ4n) is 4.80. The van der Waals surface area contributed by atoms with E-state index in [9.17, 15) is 14.7 Å². The Labute approximate surface area is 264 Å². The lowest BCUT2D eigenvalue weighted by Crippen LogP contribution is -2.29. The van der Waals surface area contributed by atoms with Gasteiger partial charge in [-0.05, 0) is 75.2 Å². The number of amides is 1. The summed E-state index contributed by atoms with van der Waals surface area (Å²) in [5.74, 6) is 0.365. The smallest absolute Gasteiger partial charge is 0.301 e. The highest BCUT2D eigenvalue weighted by atomic mass is 32.2. The SMILES string of the molecule is CCOc1ccc(C(O)=C2C(=O)C(=O)N(c3nnc(SCc4ccc(C)cc4)s3)C2c2ccc(OCC)c(OCC)c2)cc1. The fraction of sp³-hybridized carbons (Fsp3) is 0.273. The second-order valence-electron chi connectivity index (χ2n) is 9.82. The number of Topliss-reactive ketones (excluding diaryl/α,β-unsaturated/α-hetero) is 1. The maximum absolute atomic E-state index is 13.7. The molecule has 1 atom stereocenters. The van der Waals surface area contributed by atoms with Crippen LogP contribution in [0.1, 0.15) is 49.1 Å². The number of carbonyl (C=O) groups excluding carboxylic acids is 2. The van der Waals surface area contributed by atoms with Crippen molar-refractivity contribution in [3.05, 3.63) is 94.6 Å². The molecule has 11 heteroatoms. The number of aryl methyl sites for hydroxylation is 1. The molecule has 1 aliphatic heterocycles. The summed E-state index contributed by atoms with van der Waals surface area (Å²) in [6, 6.07) is 19.2. The highest BCUT2D eigenvalue weighted by Crippen LogP contribution is 2.45. The van der Waals surface area contributed by atoms with Crippen LogP contribution in [0.15, 0.2) is 76.6 Å². The number of ketones is 1. The first-order chi connectivity index (χ1) is 21.3. The van der Waals surface area contributed by atoms with Crippen LogP contribution in [-0.2, 0) is 15.3 Å². The van der Waals surface area contributed by atoms with Gasteiger partial charge in [-0.15, -0.1) is 10.2 Å². The minimum absolute atomic E-state index is 0.0603. The molecule has 0 aliphatic carbocycles. The van der Waals surface area contributed by atoms with Crippen LogP contribution >= 0.6 is 23.1 Å². The van der Waals surface area contributed by atoms with Crippen LogP contribution in [0, 0.1) is 6.92 Å². The first kappa shape index (κ1) is 31.1. The summed E-state index contributed by atoms with van der Waals surface area (Å²) >= 11 is 2.71.